The molecule has 1 amide bonds. The second-order valence-electron chi connectivity index (χ2n) is 5.79. The van der Waals surface area contributed by atoms with Crippen molar-refractivity contribution in [1.82, 2.24) is 10.6 Å². The first-order valence-electron chi connectivity index (χ1n) is 8.64. The third-order valence-electron chi connectivity index (χ3n) is 3.88. The van der Waals surface area contributed by atoms with E-state index in [1.54, 1.807) is 0 Å². The summed E-state index contributed by atoms with van der Waals surface area (Å²) in [6.07, 6.45) is 0.416. The Balaban J connectivity index is 1.96. The third kappa shape index (κ3) is 5.39. The lowest BCUT2D eigenvalue weighted by Gasteiger charge is -2.24. The second kappa shape index (κ2) is 9.49. The van der Waals surface area contributed by atoms with Crippen molar-refractivity contribution in [3.05, 3.63) is 23.8 Å². The molecule has 0 bridgehead atoms. The summed E-state index contributed by atoms with van der Waals surface area (Å²) in [5.41, 5.74) is 0.989. The molecule has 1 fully saturated rings. The minimum absolute atomic E-state index is 0.0114. The van der Waals surface area contributed by atoms with Crippen LogP contribution in [0.25, 0.3) is 0 Å². The highest BCUT2D eigenvalue weighted by molar-refractivity contribution is 5.77. The number of ether oxygens (including phenoxy) is 3. The zero-order chi connectivity index (χ0) is 17.4. The van der Waals surface area contributed by atoms with Crippen LogP contribution < -0.4 is 20.1 Å². The van der Waals surface area contributed by atoms with Crippen LogP contribution in [0, 0.1) is 0 Å². The average Bonchev–Trinajstić information content (AvgIpc) is 2.57. The summed E-state index contributed by atoms with van der Waals surface area (Å²) >= 11 is 0. The molecule has 0 aromatic heterocycles. The Morgan fingerprint density at radius 2 is 2.08 bits per heavy atom. The molecule has 2 atom stereocenters. The molecule has 1 aromatic rings. The Kier molecular flexibility index (Phi) is 7.34. The van der Waals surface area contributed by atoms with Crippen LogP contribution in [0.5, 0.6) is 11.5 Å². The van der Waals surface area contributed by atoms with Crippen molar-refractivity contribution in [2.75, 3.05) is 33.0 Å². The third-order valence-corrected chi connectivity index (χ3v) is 3.88. The van der Waals surface area contributed by atoms with Crippen molar-refractivity contribution in [1.29, 1.82) is 0 Å². The normalized spacial score (nSPS) is 18.7. The van der Waals surface area contributed by atoms with Gasteiger partial charge in [0.2, 0.25) is 5.91 Å². The molecule has 1 aromatic carbocycles. The van der Waals surface area contributed by atoms with Crippen LogP contribution in [0.15, 0.2) is 18.2 Å². The van der Waals surface area contributed by atoms with Gasteiger partial charge in [0.1, 0.15) is 0 Å². The standard InChI is InChI=1S/C18H28N2O4/c1-4-23-16-7-6-14(10-17(16)24-5-2)13(3)20-18(21)11-15-12-22-9-8-19-15/h6-7,10,13,15,19H,4-5,8-9,11-12H2,1-3H3,(H,20,21). The monoisotopic (exact) mass is 336 g/mol. The average molecular weight is 336 g/mol. The lowest BCUT2D eigenvalue weighted by molar-refractivity contribution is -0.122. The van der Waals surface area contributed by atoms with Crippen LogP contribution in [-0.2, 0) is 9.53 Å². The molecule has 2 N–H and O–H groups in total. The van der Waals surface area contributed by atoms with Gasteiger partial charge in [0, 0.05) is 19.0 Å². The van der Waals surface area contributed by atoms with E-state index in [4.69, 9.17) is 14.2 Å². The molecule has 2 unspecified atom stereocenters. The molecule has 0 aliphatic carbocycles. The molecule has 0 spiro atoms. The Hall–Kier alpha value is -1.79. The highest BCUT2D eigenvalue weighted by Crippen LogP contribution is 2.30. The van der Waals surface area contributed by atoms with Crippen LogP contribution in [-0.4, -0.2) is 44.9 Å². The molecular formula is C18H28N2O4. The van der Waals surface area contributed by atoms with Gasteiger partial charge in [-0.2, -0.15) is 0 Å². The molecule has 0 saturated carbocycles. The van der Waals surface area contributed by atoms with Crippen LogP contribution in [0.2, 0.25) is 0 Å². The molecule has 1 saturated heterocycles. The molecular weight excluding hydrogens is 308 g/mol. The Labute approximate surface area is 143 Å². The van der Waals surface area contributed by atoms with Gasteiger partial charge >= 0.3 is 0 Å². The van der Waals surface area contributed by atoms with Crippen molar-refractivity contribution in [2.45, 2.75) is 39.3 Å². The summed E-state index contributed by atoms with van der Waals surface area (Å²) in [6, 6.07) is 5.77. The minimum atomic E-state index is -0.100. The van der Waals surface area contributed by atoms with E-state index in [1.807, 2.05) is 39.0 Å². The molecule has 134 valence electrons. The molecule has 2 rings (SSSR count). The van der Waals surface area contributed by atoms with Gasteiger partial charge in [0.25, 0.3) is 0 Å². The molecule has 24 heavy (non-hydrogen) atoms. The van der Waals surface area contributed by atoms with Crippen molar-refractivity contribution in [3.63, 3.8) is 0 Å². The summed E-state index contributed by atoms with van der Waals surface area (Å²) in [4.78, 5) is 12.2. The maximum atomic E-state index is 12.2. The molecule has 6 heteroatoms. The summed E-state index contributed by atoms with van der Waals surface area (Å²) in [5.74, 6) is 1.45. The van der Waals surface area contributed by atoms with Gasteiger partial charge in [0.15, 0.2) is 11.5 Å². The molecule has 1 aliphatic heterocycles. The second-order valence-corrected chi connectivity index (χ2v) is 5.79. The van der Waals surface area contributed by atoms with Gasteiger partial charge in [0.05, 0.1) is 32.5 Å². The van der Waals surface area contributed by atoms with E-state index in [1.165, 1.54) is 0 Å². The number of hydrogen-bond acceptors (Lipinski definition) is 5. The number of rotatable bonds is 8. The highest BCUT2D eigenvalue weighted by Gasteiger charge is 2.19. The Morgan fingerprint density at radius 3 is 2.75 bits per heavy atom. The fourth-order valence-electron chi connectivity index (χ4n) is 2.70. The quantitative estimate of drug-likeness (QED) is 0.760. The predicted molar refractivity (Wildman–Crippen MR) is 92.6 cm³/mol. The van der Waals surface area contributed by atoms with E-state index in [9.17, 15) is 4.79 Å². The van der Waals surface area contributed by atoms with E-state index >= 15 is 0 Å². The van der Waals surface area contributed by atoms with Gasteiger partial charge in [-0.3, -0.25) is 4.79 Å². The minimum Gasteiger partial charge on any atom is -0.490 e. The molecule has 1 heterocycles. The van der Waals surface area contributed by atoms with Crippen LogP contribution in [0.4, 0.5) is 0 Å². The summed E-state index contributed by atoms with van der Waals surface area (Å²) in [5, 5.41) is 6.32. The van der Waals surface area contributed by atoms with Gasteiger partial charge in [-0.05, 0) is 38.5 Å². The number of morpholine rings is 1. The Bertz CT molecular complexity index is 530. The first kappa shape index (κ1) is 18.5. The smallest absolute Gasteiger partial charge is 0.222 e. The maximum Gasteiger partial charge on any atom is 0.222 e. The lowest BCUT2D eigenvalue weighted by Crippen LogP contribution is -2.44. The molecule has 0 radical (unpaired) electrons. The predicted octanol–water partition coefficient (Wildman–Crippen LogP) is 2.04. The Morgan fingerprint density at radius 1 is 1.33 bits per heavy atom. The summed E-state index contributed by atoms with van der Waals surface area (Å²) in [6.45, 7) is 9.08. The highest BCUT2D eigenvalue weighted by atomic mass is 16.5. The number of hydrogen-bond donors (Lipinski definition) is 2. The van der Waals surface area contributed by atoms with E-state index in [0.29, 0.717) is 38.6 Å². The van der Waals surface area contributed by atoms with E-state index < -0.39 is 0 Å². The number of carbonyl (C=O) groups is 1. The van der Waals surface area contributed by atoms with Gasteiger partial charge in [-0.15, -0.1) is 0 Å². The van der Waals surface area contributed by atoms with Crippen molar-refractivity contribution < 1.29 is 19.0 Å². The lowest BCUT2D eigenvalue weighted by atomic mass is 10.1. The largest absolute Gasteiger partial charge is 0.490 e. The topological polar surface area (TPSA) is 68.8 Å². The number of benzene rings is 1. The molecule has 1 aliphatic rings. The number of nitrogens with one attached hydrogen (secondary N) is 2. The maximum absolute atomic E-state index is 12.2. The zero-order valence-electron chi connectivity index (χ0n) is 14.8. The van der Waals surface area contributed by atoms with Crippen LogP contribution in [0.1, 0.15) is 38.8 Å². The van der Waals surface area contributed by atoms with Crippen LogP contribution in [0.3, 0.4) is 0 Å². The fourth-order valence-corrected chi connectivity index (χ4v) is 2.70. The van der Waals surface area contributed by atoms with Crippen molar-refractivity contribution >= 4 is 5.91 Å². The number of amides is 1. The summed E-state index contributed by atoms with van der Waals surface area (Å²) in [7, 11) is 0. The van der Waals surface area contributed by atoms with Gasteiger partial charge in [-0.25, -0.2) is 0 Å². The van der Waals surface area contributed by atoms with E-state index in [0.717, 1.165) is 17.9 Å². The van der Waals surface area contributed by atoms with Crippen molar-refractivity contribution in [3.8, 4) is 11.5 Å². The number of carbonyl (C=O) groups excluding carboxylic acids is 1. The van der Waals surface area contributed by atoms with Gasteiger partial charge in [-0.1, -0.05) is 6.07 Å². The SMILES string of the molecule is CCOc1ccc(C(C)NC(=O)CC2COCCN2)cc1OCC. The van der Waals surface area contributed by atoms with E-state index in [-0.39, 0.29) is 18.0 Å². The first-order chi connectivity index (χ1) is 11.6. The molecule has 6 nitrogen and oxygen atoms in total. The van der Waals surface area contributed by atoms with Crippen molar-refractivity contribution in [2.24, 2.45) is 0 Å². The zero-order valence-corrected chi connectivity index (χ0v) is 14.8. The first-order valence-corrected chi connectivity index (χ1v) is 8.64. The van der Waals surface area contributed by atoms with Gasteiger partial charge < -0.3 is 24.8 Å². The van der Waals surface area contributed by atoms with E-state index in [2.05, 4.69) is 10.6 Å². The summed E-state index contributed by atoms with van der Waals surface area (Å²) < 4.78 is 16.6. The fraction of sp³-hybridized carbons (Fsp3) is 0.611. The van der Waals surface area contributed by atoms with Crippen LogP contribution >= 0.6 is 0 Å².